The van der Waals surface area contributed by atoms with Crippen LogP contribution < -0.4 is 9.47 Å². The fourth-order valence-corrected chi connectivity index (χ4v) is 3.41. The first-order valence-electron chi connectivity index (χ1n) is 9.07. The first-order valence-corrected chi connectivity index (χ1v) is 10.1. The van der Waals surface area contributed by atoms with Gasteiger partial charge in [-0.15, -0.1) is 0 Å². The van der Waals surface area contributed by atoms with Gasteiger partial charge in [-0.25, -0.2) is 4.79 Å². The van der Waals surface area contributed by atoms with Crippen LogP contribution >= 0.6 is 22.6 Å². The van der Waals surface area contributed by atoms with Crippen molar-refractivity contribution in [3.8, 4) is 11.5 Å². The van der Waals surface area contributed by atoms with E-state index in [9.17, 15) is 4.79 Å². The highest BCUT2D eigenvalue weighted by Gasteiger charge is 2.12. The van der Waals surface area contributed by atoms with Crippen LogP contribution in [0.2, 0.25) is 0 Å². The zero-order valence-electron chi connectivity index (χ0n) is 15.8. The standard InChI is InChI=1S/C23H20INO4/c1-2-28-21-13-17(14-25-19-6-4-3-5-7-19)12-20(24)22(21)29-15-16-8-10-18(11-9-16)23(26)27/h3-14H,2,15H2,1H3,(H,26,27). The Balaban J connectivity index is 1.78. The summed E-state index contributed by atoms with van der Waals surface area (Å²) >= 11 is 2.22. The summed E-state index contributed by atoms with van der Waals surface area (Å²) in [4.78, 5) is 15.5. The number of hydrogen-bond donors (Lipinski definition) is 1. The molecule has 0 saturated carbocycles. The van der Waals surface area contributed by atoms with E-state index in [0.717, 1.165) is 20.4 Å². The van der Waals surface area contributed by atoms with E-state index in [4.69, 9.17) is 14.6 Å². The number of ether oxygens (including phenoxy) is 2. The zero-order valence-corrected chi connectivity index (χ0v) is 18.0. The third kappa shape index (κ3) is 5.80. The average Bonchev–Trinajstić information content (AvgIpc) is 2.73. The minimum Gasteiger partial charge on any atom is -0.490 e. The van der Waals surface area contributed by atoms with E-state index in [1.807, 2.05) is 49.4 Å². The van der Waals surface area contributed by atoms with E-state index < -0.39 is 5.97 Å². The third-order valence-corrected chi connectivity index (χ3v) is 4.84. The Morgan fingerprint density at radius 3 is 2.45 bits per heavy atom. The second-order valence-corrected chi connectivity index (χ2v) is 7.31. The predicted octanol–water partition coefficient (Wildman–Crippen LogP) is 5.72. The molecule has 0 fully saturated rings. The van der Waals surface area contributed by atoms with Crippen LogP contribution in [-0.2, 0) is 6.61 Å². The number of para-hydroxylation sites is 1. The van der Waals surface area contributed by atoms with Crippen LogP contribution in [-0.4, -0.2) is 23.9 Å². The number of nitrogens with zero attached hydrogens (tertiary/aromatic N) is 1. The summed E-state index contributed by atoms with van der Waals surface area (Å²) in [5, 5.41) is 9.00. The Morgan fingerprint density at radius 2 is 1.79 bits per heavy atom. The van der Waals surface area contributed by atoms with Crippen LogP contribution in [0.3, 0.4) is 0 Å². The van der Waals surface area contributed by atoms with Gasteiger partial charge in [-0.05, 0) is 77.0 Å². The number of halogens is 1. The van der Waals surface area contributed by atoms with Gasteiger partial charge in [-0.2, -0.15) is 0 Å². The molecule has 0 aliphatic carbocycles. The molecule has 0 radical (unpaired) electrons. The molecule has 0 aromatic heterocycles. The van der Waals surface area contributed by atoms with Gasteiger partial charge < -0.3 is 14.6 Å². The lowest BCUT2D eigenvalue weighted by Gasteiger charge is -2.15. The molecule has 29 heavy (non-hydrogen) atoms. The van der Waals surface area contributed by atoms with Crippen molar-refractivity contribution in [3.05, 3.63) is 87.0 Å². The summed E-state index contributed by atoms with van der Waals surface area (Å²) in [5.74, 6) is 0.362. The zero-order chi connectivity index (χ0) is 20.6. The minimum absolute atomic E-state index is 0.250. The van der Waals surface area contributed by atoms with Crippen molar-refractivity contribution in [1.82, 2.24) is 0 Å². The van der Waals surface area contributed by atoms with Crippen molar-refractivity contribution in [2.75, 3.05) is 6.61 Å². The van der Waals surface area contributed by atoms with Gasteiger partial charge in [0.15, 0.2) is 11.5 Å². The van der Waals surface area contributed by atoms with E-state index in [0.29, 0.717) is 24.7 Å². The Labute approximate surface area is 183 Å². The molecule has 0 atom stereocenters. The van der Waals surface area contributed by atoms with Crippen LogP contribution in [0.5, 0.6) is 11.5 Å². The molecule has 0 aliphatic rings. The number of carboxylic acids is 1. The lowest BCUT2D eigenvalue weighted by atomic mass is 10.1. The minimum atomic E-state index is -0.946. The molecule has 0 amide bonds. The Kier molecular flexibility index (Phi) is 7.24. The second-order valence-electron chi connectivity index (χ2n) is 6.15. The van der Waals surface area contributed by atoms with E-state index >= 15 is 0 Å². The molecule has 5 nitrogen and oxygen atoms in total. The normalized spacial score (nSPS) is 10.8. The largest absolute Gasteiger partial charge is 0.490 e. The van der Waals surface area contributed by atoms with Crippen molar-refractivity contribution < 1.29 is 19.4 Å². The monoisotopic (exact) mass is 501 g/mol. The average molecular weight is 501 g/mol. The van der Waals surface area contributed by atoms with Crippen molar-refractivity contribution >= 4 is 40.5 Å². The lowest BCUT2D eigenvalue weighted by molar-refractivity contribution is 0.0697. The van der Waals surface area contributed by atoms with Gasteiger partial charge in [-0.3, -0.25) is 4.99 Å². The first-order chi connectivity index (χ1) is 14.1. The van der Waals surface area contributed by atoms with Crippen molar-refractivity contribution in [3.63, 3.8) is 0 Å². The molecule has 3 rings (SSSR count). The van der Waals surface area contributed by atoms with Crippen LogP contribution in [0.25, 0.3) is 0 Å². The van der Waals surface area contributed by atoms with Crippen LogP contribution in [0.4, 0.5) is 5.69 Å². The van der Waals surface area contributed by atoms with Gasteiger partial charge in [0.05, 0.1) is 21.4 Å². The highest BCUT2D eigenvalue weighted by atomic mass is 127. The number of aromatic carboxylic acids is 1. The maximum Gasteiger partial charge on any atom is 0.335 e. The van der Waals surface area contributed by atoms with E-state index in [2.05, 4.69) is 27.6 Å². The molecule has 0 aliphatic heterocycles. The smallest absolute Gasteiger partial charge is 0.335 e. The summed E-state index contributed by atoms with van der Waals surface area (Å²) in [6, 6.07) is 20.3. The van der Waals surface area contributed by atoms with Gasteiger partial charge in [0.25, 0.3) is 0 Å². The van der Waals surface area contributed by atoms with Crippen LogP contribution in [0, 0.1) is 3.57 Å². The summed E-state index contributed by atoms with van der Waals surface area (Å²) < 4.78 is 12.7. The highest BCUT2D eigenvalue weighted by Crippen LogP contribution is 2.34. The molecule has 0 bridgehead atoms. The third-order valence-electron chi connectivity index (χ3n) is 4.03. The molecule has 0 saturated heterocycles. The fraction of sp³-hybridized carbons (Fsp3) is 0.130. The summed E-state index contributed by atoms with van der Waals surface area (Å²) in [6.07, 6.45) is 1.80. The molecular weight excluding hydrogens is 481 g/mol. The first kappa shape index (κ1) is 20.9. The van der Waals surface area contributed by atoms with Crippen LogP contribution in [0.15, 0.2) is 71.7 Å². The quantitative estimate of drug-likeness (QED) is 0.317. The molecular formula is C23H20INO4. The SMILES string of the molecule is CCOc1cc(C=Nc2ccccc2)cc(I)c1OCc1ccc(C(=O)O)cc1. The Bertz CT molecular complexity index is 1000. The second kappa shape index (κ2) is 10.1. The van der Waals surface area contributed by atoms with Gasteiger partial charge in [0, 0.05) is 6.21 Å². The summed E-state index contributed by atoms with van der Waals surface area (Å²) in [6.45, 7) is 2.75. The number of carbonyl (C=O) groups is 1. The number of hydrogen-bond acceptors (Lipinski definition) is 4. The Morgan fingerprint density at radius 1 is 1.07 bits per heavy atom. The molecule has 0 unspecified atom stereocenters. The number of rotatable bonds is 8. The molecule has 3 aromatic rings. The highest BCUT2D eigenvalue weighted by molar-refractivity contribution is 14.1. The molecule has 148 valence electrons. The van der Waals surface area contributed by atoms with Gasteiger partial charge in [0.2, 0.25) is 0 Å². The molecule has 0 spiro atoms. The van der Waals surface area contributed by atoms with Crippen molar-refractivity contribution in [2.45, 2.75) is 13.5 Å². The van der Waals surface area contributed by atoms with E-state index in [1.54, 1.807) is 30.5 Å². The Hall–Kier alpha value is -2.87. The van der Waals surface area contributed by atoms with Gasteiger partial charge in [-0.1, -0.05) is 30.3 Å². The number of carboxylic acid groups (broad SMARTS) is 1. The summed E-state index contributed by atoms with van der Waals surface area (Å²) in [5.41, 5.74) is 2.92. The molecule has 6 heteroatoms. The van der Waals surface area contributed by atoms with E-state index in [-0.39, 0.29) is 5.56 Å². The maximum atomic E-state index is 11.0. The van der Waals surface area contributed by atoms with Crippen molar-refractivity contribution in [2.24, 2.45) is 4.99 Å². The molecule has 3 aromatic carbocycles. The van der Waals surface area contributed by atoms with Gasteiger partial charge >= 0.3 is 5.97 Å². The topological polar surface area (TPSA) is 68.1 Å². The maximum absolute atomic E-state index is 11.0. The summed E-state index contributed by atoms with van der Waals surface area (Å²) in [7, 11) is 0. The van der Waals surface area contributed by atoms with Crippen molar-refractivity contribution in [1.29, 1.82) is 0 Å². The van der Waals surface area contributed by atoms with Crippen LogP contribution in [0.1, 0.15) is 28.4 Å². The predicted molar refractivity (Wildman–Crippen MR) is 122 cm³/mol. The molecule has 0 heterocycles. The lowest BCUT2D eigenvalue weighted by Crippen LogP contribution is -2.03. The number of aliphatic imine (C=N–C) groups is 1. The van der Waals surface area contributed by atoms with Gasteiger partial charge in [0.1, 0.15) is 6.61 Å². The number of benzene rings is 3. The molecule has 1 N–H and O–H groups in total. The van der Waals surface area contributed by atoms with E-state index in [1.165, 1.54) is 0 Å². The fourth-order valence-electron chi connectivity index (χ4n) is 2.63.